The monoisotopic (exact) mass is 616 g/mol. The molecule has 0 amide bonds. The summed E-state index contributed by atoms with van der Waals surface area (Å²) < 4.78 is 40.0. The maximum atomic E-state index is 13.7. The van der Waals surface area contributed by atoms with E-state index in [0.29, 0.717) is 9.50 Å². The van der Waals surface area contributed by atoms with Crippen molar-refractivity contribution < 1.29 is 27.5 Å². The zero-order valence-corrected chi connectivity index (χ0v) is 23.2. The highest BCUT2D eigenvalue weighted by molar-refractivity contribution is 9.10. The number of hydrogen-bond acceptors (Lipinski definition) is 10. The summed E-state index contributed by atoms with van der Waals surface area (Å²) in [4.78, 5) is 35.0. The Morgan fingerprint density at radius 1 is 1.08 bits per heavy atom. The summed E-state index contributed by atoms with van der Waals surface area (Å²) in [6.07, 6.45) is 2.81. The Kier molecular flexibility index (Phi) is 8.15. The second-order valence-corrected chi connectivity index (χ2v) is 12.6. The first-order valence-corrected chi connectivity index (χ1v) is 14.1. The molecule has 1 saturated heterocycles. The van der Waals surface area contributed by atoms with Crippen LogP contribution in [0.15, 0.2) is 45.3 Å². The Bertz CT molecular complexity index is 1360. The molecule has 1 fully saturated rings. The third-order valence-corrected chi connectivity index (χ3v) is 9.79. The van der Waals surface area contributed by atoms with Crippen LogP contribution in [0.2, 0.25) is 5.02 Å². The van der Waals surface area contributed by atoms with E-state index in [1.165, 1.54) is 30.9 Å². The van der Waals surface area contributed by atoms with E-state index in [4.69, 9.17) is 21.1 Å². The number of halogens is 2. The Hall–Kier alpha value is -2.32. The fourth-order valence-corrected chi connectivity index (χ4v) is 7.64. The number of aromatic nitrogens is 2. The minimum Gasteiger partial charge on any atom is -0.469 e. The van der Waals surface area contributed by atoms with Crippen LogP contribution in [0, 0.1) is 0 Å². The number of sulfonamides is 1. The summed E-state index contributed by atoms with van der Waals surface area (Å²) in [5, 5.41) is 1.26. The molecule has 0 N–H and O–H groups in total. The lowest BCUT2D eigenvalue weighted by Crippen LogP contribution is -2.61. The van der Waals surface area contributed by atoms with Gasteiger partial charge in [0, 0.05) is 35.2 Å². The summed E-state index contributed by atoms with van der Waals surface area (Å²) >= 11 is 10.5. The molecular weight excluding hydrogens is 596 g/mol. The van der Waals surface area contributed by atoms with E-state index >= 15 is 0 Å². The molecule has 0 spiro atoms. The van der Waals surface area contributed by atoms with E-state index in [0.717, 1.165) is 21.4 Å². The van der Waals surface area contributed by atoms with E-state index in [-0.39, 0.29) is 36.1 Å². The van der Waals surface area contributed by atoms with Crippen molar-refractivity contribution in [3.05, 3.63) is 46.2 Å². The molecule has 0 unspecified atom stereocenters. The number of esters is 2. The van der Waals surface area contributed by atoms with E-state index < -0.39 is 34.0 Å². The van der Waals surface area contributed by atoms with Crippen LogP contribution in [0.3, 0.4) is 0 Å². The molecule has 2 aromatic heterocycles. The van der Waals surface area contributed by atoms with E-state index in [9.17, 15) is 18.0 Å². The second kappa shape index (κ2) is 11.0. The first kappa shape index (κ1) is 26.7. The molecule has 4 rings (SSSR count). The SMILES string of the molecule is COC(=O)C[C@@H]1CN(S(=O)(=O)c2cc3ccc(Cl)cc3s2)C[C@H](CC(=O)OC)N1c1ncc(Br)cn1. The van der Waals surface area contributed by atoms with Gasteiger partial charge in [0.15, 0.2) is 0 Å². The Morgan fingerprint density at radius 3 is 2.22 bits per heavy atom. The molecule has 1 aliphatic heterocycles. The van der Waals surface area contributed by atoms with Crippen molar-refractivity contribution in [3.8, 4) is 0 Å². The zero-order chi connectivity index (χ0) is 26.0. The van der Waals surface area contributed by atoms with Gasteiger partial charge in [-0.05, 0) is 39.5 Å². The molecule has 3 heterocycles. The fraction of sp³-hybridized carbons (Fsp3) is 0.364. The Balaban J connectivity index is 1.75. The molecule has 2 atom stereocenters. The lowest BCUT2D eigenvalue weighted by Gasteiger charge is -2.45. The number of piperazine rings is 1. The molecule has 14 heteroatoms. The number of anilines is 1. The largest absolute Gasteiger partial charge is 0.469 e. The third-order valence-electron chi connectivity index (χ3n) is 5.77. The maximum Gasteiger partial charge on any atom is 0.307 e. The standard InChI is InChI=1S/C22H22BrClN4O6S2/c1-33-19(29)7-16-11-27(36(31,32)21-5-13-3-4-15(24)6-18(13)35-21)12-17(8-20(30)34-2)28(16)22-25-9-14(23)10-26-22/h3-6,9-10,16-17H,7-8,11-12H2,1-2H3/t16-,17+. The van der Waals surface area contributed by atoms with Crippen LogP contribution in [-0.4, -0.2) is 74.0 Å². The van der Waals surface area contributed by atoms with Gasteiger partial charge in [0.1, 0.15) is 4.21 Å². The molecule has 1 aromatic carbocycles. The van der Waals surface area contributed by atoms with Crippen molar-refractivity contribution in [3.63, 3.8) is 0 Å². The van der Waals surface area contributed by atoms with Gasteiger partial charge < -0.3 is 14.4 Å². The molecule has 3 aromatic rings. The number of benzene rings is 1. The molecular formula is C22H22BrClN4O6S2. The van der Waals surface area contributed by atoms with Gasteiger partial charge in [0.05, 0.1) is 43.6 Å². The number of methoxy groups -OCH3 is 2. The van der Waals surface area contributed by atoms with E-state index in [2.05, 4.69) is 25.9 Å². The summed E-state index contributed by atoms with van der Waals surface area (Å²) in [7, 11) is -1.45. The molecule has 36 heavy (non-hydrogen) atoms. The minimum absolute atomic E-state index is 0.0382. The van der Waals surface area contributed by atoms with E-state index in [1.807, 2.05) is 0 Å². The topological polar surface area (TPSA) is 119 Å². The van der Waals surface area contributed by atoms with Crippen LogP contribution in [0.4, 0.5) is 5.95 Å². The first-order chi connectivity index (χ1) is 17.1. The van der Waals surface area contributed by atoms with Gasteiger partial charge in [-0.3, -0.25) is 9.59 Å². The molecule has 0 radical (unpaired) electrons. The van der Waals surface area contributed by atoms with Crippen molar-refractivity contribution in [2.45, 2.75) is 29.1 Å². The molecule has 1 aliphatic rings. The third kappa shape index (κ3) is 5.65. The fourth-order valence-electron chi connectivity index (χ4n) is 4.09. The molecule has 0 bridgehead atoms. The van der Waals surface area contributed by atoms with Crippen LogP contribution in [-0.2, 0) is 29.1 Å². The van der Waals surface area contributed by atoms with Gasteiger partial charge in [-0.2, -0.15) is 4.31 Å². The average Bonchev–Trinajstić information content (AvgIpc) is 3.28. The summed E-state index contributed by atoms with van der Waals surface area (Å²) in [6, 6.07) is 5.38. The number of fused-ring (bicyclic) bond motifs is 1. The van der Waals surface area contributed by atoms with Crippen molar-refractivity contribution >= 4 is 76.9 Å². The number of hydrogen-bond donors (Lipinski definition) is 0. The van der Waals surface area contributed by atoms with E-state index in [1.54, 1.807) is 29.2 Å². The predicted octanol–water partition coefficient (Wildman–Crippen LogP) is 3.48. The van der Waals surface area contributed by atoms with Crippen LogP contribution >= 0.6 is 38.9 Å². The predicted molar refractivity (Wildman–Crippen MR) is 139 cm³/mol. The number of nitrogens with zero attached hydrogens (tertiary/aromatic N) is 4. The highest BCUT2D eigenvalue weighted by Crippen LogP contribution is 2.35. The molecule has 0 aliphatic carbocycles. The number of carbonyl (C=O) groups is 2. The molecule has 10 nitrogen and oxygen atoms in total. The van der Waals surface area contributed by atoms with Gasteiger partial charge in [0.2, 0.25) is 5.95 Å². The molecule has 192 valence electrons. The first-order valence-electron chi connectivity index (χ1n) is 10.7. The summed E-state index contributed by atoms with van der Waals surface area (Å²) in [5.41, 5.74) is 0. The van der Waals surface area contributed by atoms with Crippen molar-refractivity contribution in [2.75, 3.05) is 32.2 Å². The van der Waals surface area contributed by atoms with Crippen LogP contribution < -0.4 is 4.90 Å². The van der Waals surface area contributed by atoms with Gasteiger partial charge in [0.25, 0.3) is 10.0 Å². The maximum absolute atomic E-state index is 13.7. The number of ether oxygens (including phenoxy) is 2. The summed E-state index contributed by atoms with van der Waals surface area (Å²) in [5.74, 6) is -0.807. The van der Waals surface area contributed by atoms with Crippen LogP contribution in [0.25, 0.3) is 10.1 Å². The molecule has 0 saturated carbocycles. The normalized spacial score (nSPS) is 18.8. The zero-order valence-electron chi connectivity index (χ0n) is 19.3. The Morgan fingerprint density at radius 2 is 1.67 bits per heavy atom. The van der Waals surface area contributed by atoms with Crippen molar-refractivity contribution in [1.29, 1.82) is 0 Å². The Labute approximate surface area is 225 Å². The lowest BCUT2D eigenvalue weighted by atomic mass is 10.0. The lowest BCUT2D eigenvalue weighted by molar-refractivity contribution is -0.141. The average molecular weight is 618 g/mol. The second-order valence-electron chi connectivity index (χ2n) is 8.05. The highest BCUT2D eigenvalue weighted by atomic mass is 79.9. The van der Waals surface area contributed by atoms with Gasteiger partial charge in [-0.25, -0.2) is 18.4 Å². The highest BCUT2D eigenvalue weighted by Gasteiger charge is 2.43. The minimum atomic E-state index is -3.97. The van der Waals surface area contributed by atoms with Crippen LogP contribution in [0.5, 0.6) is 0 Å². The number of rotatable bonds is 7. The number of carbonyl (C=O) groups excluding carboxylic acids is 2. The number of thiophene rings is 1. The van der Waals surface area contributed by atoms with Crippen molar-refractivity contribution in [1.82, 2.24) is 14.3 Å². The van der Waals surface area contributed by atoms with Gasteiger partial charge in [-0.15, -0.1) is 11.3 Å². The summed E-state index contributed by atoms with van der Waals surface area (Å²) in [6.45, 7) is -0.0763. The van der Waals surface area contributed by atoms with Crippen molar-refractivity contribution in [2.24, 2.45) is 0 Å². The van der Waals surface area contributed by atoms with Gasteiger partial charge in [-0.1, -0.05) is 17.7 Å². The quantitative estimate of drug-likeness (QED) is 0.367. The smallest absolute Gasteiger partial charge is 0.307 e. The van der Waals surface area contributed by atoms with Crippen LogP contribution in [0.1, 0.15) is 12.8 Å². The van der Waals surface area contributed by atoms with Gasteiger partial charge >= 0.3 is 11.9 Å².